The SMILES string of the molecule is Cc1cc(C=O)ccc1N1CCN(c2nccs2)CC1. The Balaban J connectivity index is 1.70. The van der Waals surface area contributed by atoms with Crippen molar-refractivity contribution >= 4 is 28.4 Å². The number of piperazine rings is 1. The maximum atomic E-state index is 10.8. The molecule has 1 aromatic carbocycles. The number of anilines is 2. The summed E-state index contributed by atoms with van der Waals surface area (Å²) in [6.45, 7) is 6.02. The van der Waals surface area contributed by atoms with Crippen LogP contribution in [0.4, 0.5) is 10.8 Å². The zero-order valence-electron chi connectivity index (χ0n) is 11.5. The van der Waals surface area contributed by atoms with Crippen LogP contribution < -0.4 is 9.80 Å². The van der Waals surface area contributed by atoms with E-state index in [0.717, 1.165) is 48.7 Å². The van der Waals surface area contributed by atoms with Crippen molar-refractivity contribution in [3.05, 3.63) is 40.9 Å². The summed E-state index contributed by atoms with van der Waals surface area (Å²) in [5.74, 6) is 0. The summed E-state index contributed by atoms with van der Waals surface area (Å²) in [4.78, 5) is 19.9. The summed E-state index contributed by atoms with van der Waals surface area (Å²) in [5.41, 5.74) is 3.14. The molecule has 0 N–H and O–H groups in total. The van der Waals surface area contributed by atoms with Crippen molar-refractivity contribution in [2.24, 2.45) is 0 Å². The van der Waals surface area contributed by atoms with Gasteiger partial charge < -0.3 is 9.80 Å². The van der Waals surface area contributed by atoms with Crippen molar-refractivity contribution in [3.63, 3.8) is 0 Å². The number of aldehydes is 1. The van der Waals surface area contributed by atoms with Crippen LogP contribution in [0.1, 0.15) is 15.9 Å². The summed E-state index contributed by atoms with van der Waals surface area (Å²) in [5, 5.41) is 3.13. The molecule has 1 saturated heterocycles. The number of aromatic nitrogens is 1. The minimum Gasteiger partial charge on any atom is -0.368 e. The molecule has 3 rings (SSSR count). The first-order valence-corrected chi connectivity index (χ1v) is 7.61. The molecule has 2 aromatic rings. The summed E-state index contributed by atoms with van der Waals surface area (Å²) in [6, 6.07) is 5.90. The number of hydrogen-bond acceptors (Lipinski definition) is 5. The number of carbonyl (C=O) groups excluding carboxylic acids is 1. The van der Waals surface area contributed by atoms with Gasteiger partial charge in [-0.05, 0) is 30.7 Å². The smallest absolute Gasteiger partial charge is 0.185 e. The number of carbonyl (C=O) groups is 1. The van der Waals surface area contributed by atoms with Crippen molar-refractivity contribution in [1.29, 1.82) is 0 Å². The highest BCUT2D eigenvalue weighted by Gasteiger charge is 2.19. The van der Waals surface area contributed by atoms with E-state index in [-0.39, 0.29) is 0 Å². The zero-order chi connectivity index (χ0) is 13.9. The molecule has 20 heavy (non-hydrogen) atoms. The Morgan fingerprint density at radius 3 is 2.55 bits per heavy atom. The fourth-order valence-corrected chi connectivity index (χ4v) is 3.31. The molecular weight excluding hydrogens is 270 g/mol. The van der Waals surface area contributed by atoms with Crippen LogP contribution >= 0.6 is 11.3 Å². The molecule has 1 fully saturated rings. The Bertz CT molecular complexity index is 589. The standard InChI is InChI=1S/C15H17N3OS/c1-12-10-13(11-19)2-3-14(12)17-5-7-18(8-6-17)15-16-4-9-20-15/h2-4,9-11H,5-8H2,1H3. The molecule has 1 aliphatic heterocycles. The van der Waals surface area contributed by atoms with Crippen LogP contribution in [-0.4, -0.2) is 37.4 Å². The maximum Gasteiger partial charge on any atom is 0.185 e. The van der Waals surface area contributed by atoms with E-state index in [9.17, 15) is 4.79 Å². The summed E-state index contributed by atoms with van der Waals surface area (Å²) in [6.07, 6.45) is 2.76. The van der Waals surface area contributed by atoms with E-state index in [2.05, 4.69) is 27.8 Å². The average molecular weight is 287 g/mol. The molecule has 0 radical (unpaired) electrons. The van der Waals surface area contributed by atoms with Gasteiger partial charge in [-0.2, -0.15) is 0 Å². The first-order valence-electron chi connectivity index (χ1n) is 6.73. The normalized spacial score (nSPS) is 15.4. The second kappa shape index (κ2) is 5.63. The van der Waals surface area contributed by atoms with Crippen LogP contribution in [0.5, 0.6) is 0 Å². The van der Waals surface area contributed by atoms with Crippen molar-refractivity contribution in [1.82, 2.24) is 4.98 Å². The lowest BCUT2D eigenvalue weighted by molar-refractivity contribution is 0.112. The Hall–Kier alpha value is -1.88. The van der Waals surface area contributed by atoms with Gasteiger partial charge in [-0.25, -0.2) is 4.98 Å². The molecule has 4 nitrogen and oxygen atoms in total. The maximum absolute atomic E-state index is 10.8. The van der Waals surface area contributed by atoms with Crippen molar-refractivity contribution in [3.8, 4) is 0 Å². The van der Waals surface area contributed by atoms with Gasteiger partial charge in [0.05, 0.1) is 0 Å². The van der Waals surface area contributed by atoms with Crippen molar-refractivity contribution in [2.45, 2.75) is 6.92 Å². The third-order valence-electron chi connectivity index (χ3n) is 3.67. The minimum atomic E-state index is 0.743. The van der Waals surface area contributed by atoms with Gasteiger partial charge in [0.25, 0.3) is 0 Å². The largest absolute Gasteiger partial charge is 0.368 e. The molecule has 5 heteroatoms. The highest BCUT2D eigenvalue weighted by atomic mass is 32.1. The highest BCUT2D eigenvalue weighted by Crippen LogP contribution is 2.24. The van der Waals surface area contributed by atoms with Crippen LogP contribution in [0, 0.1) is 6.92 Å². The lowest BCUT2D eigenvalue weighted by Crippen LogP contribution is -2.46. The zero-order valence-corrected chi connectivity index (χ0v) is 12.3. The van der Waals surface area contributed by atoms with Gasteiger partial charge in [0.2, 0.25) is 0 Å². The van der Waals surface area contributed by atoms with Gasteiger partial charge >= 0.3 is 0 Å². The molecule has 0 unspecified atom stereocenters. The van der Waals surface area contributed by atoms with Gasteiger partial charge in [0.1, 0.15) is 6.29 Å². The molecule has 1 aliphatic rings. The molecule has 0 spiro atoms. The van der Waals surface area contributed by atoms with Gasteiger partial charge in [-0.15, -0.1) is 11.3 Å². The molecular formula is C15H17N3OS. The number of benzene rings is 1. The van der Waals surface area contributed by atoms with Gasteiger partial charge in [-0.3, -0.25) is 4.79 Å². The van der Waals surface area contributed by atoms with Gasteiger partial charge in [0.15, 0.2) is 5.13 Å². The first-order chi connectivity index (χ1) is 9.78. The van der Waals surface area contributed by atoms with Crippen LogP contribution in [0.3, 0.4) is 0 Å². The van der Waals surface area contributed by atoms with Crippen LogP contribution in [0.2, 0.25) is 0 Å². The van der Waals surface area contributed by atoms with E-state index in [1.807, 2.05) is 23.7 Å². The summed E-state index contributed by atoms with van der Waals surface area (Å²) in [7, 11) is 0. The molecule has 0 amide bonds. The predicted molar refractivity (Wildman–Crippen MR) is 83.1 cm³/mol. The van der Waals surface area contributed by atoms with E-state index >= 15 is 0 Å². The fraction of sp³-hybridized carbons (Fsp3) is 0.333. The molecule has 0 saturated carbocycles. The average Bonchev–Trinajstić information content (AvgIpc) is 3.01. The quantitative estimate of drug-likeness (QED) is 0.813. The van der Waals surface area contributed by atoms with E-state index in [1.54, 1.807) is 11.3 Å². The number of hydrogen-bond donors (Lipinski definition) is 0. The second-order valence-corrected chi connectivity index (χ2v) is 5.83. The first kappa shape index (κ1) is 13.1. The summed E-state index contributed by atoms with van der Waals surface area (Å²) >= 11 is 1.69. The Labute approximate surface area is 122 Å². The Morgan fingerprint density at radius 1 is 1.20 bits per heavy atom. The molecule has 0 bridgehead atoms. The van der Waals surface area contributed by atoms with E-state index in [0.29, 0.717) is 0 Å². The second-order valence-electron chi connectivity index (χ2n) is 4.95. The monoisotopic (exact) mass is 287 g/mol. The van der Waals surface area contributed by atoms with Gasteiger partial charge in [-0.1, -0.05) is 0 Å². The van der Waals surface area contributed by atoms with E-state index < -0.39 is 0 Å². The third kappa shape index (κ3) is 2.54. The topological polar surface area (TPSA) is 36.4 Å². The summed E-state index contributed by atoms with van der Waals surface area (Å²) < 4.78 is 0. The number of nitrogens with zero attached hydrogens (tertiary/aromatic N) is 3. The van der Waals surface area contributed by atoms with Crippen LogP contribution in [-0.2, 0) is 0 Å². The number of thiazole rings is 1. The van der Waals surface area contributed by atoms with Crippen molar-refractivity contribution in [2.75, 3.05) is 36.0 Å². The van der Waals surface area contributed by atoms with Crippen molar-refractivity contribution < 1.29 is 4.79 Å². The molecule has 104 valence electrons. The third-order valence-corrected chi connectivity index (χ3v) is 4.50. The van der Waals surface area contributed by atoms with Crippen LogP contribution in [0.25, 0.3) is 0 Å². The Kier molecular flexibility index (Phi) is 3.69. The highest BCUT2D eigenvalue weighted by molar-refractivity contribution is 7.13. The Morgan fingerprint density at radius 2 is 1.95 bits per heavy atom. The molecule has 0 atom stereocenters. The fourth-order valence-electron chi connectivity index (χ4n) is 2.62. The predicted octanol–water partition coefficient (Wildman–Crippen LogP) is 2.59. The lowest BCUT2D eigenvalue weighted by atomic mass is 10.1. The number of aryl methyl sites for hydroxylation is 1. The van der Waals surface area contributed by atoms with E-state index in [1.165, 1.54) is 5.69 Å². The number of rotatable bonds is 3. The van der Waals surface area contributed by atoms with Gasteiger partial charge in [0, 0.05) is 49.0 Å². The van der Waals surface area contributed by atoms with Crippen LogP contribution in [0.15, 0.2) is 29.8 Å². The molecule has 1 aromatic heterocycles. The van der Waals surface area contributed by atoms with E-state index in [4.69, 9.17) is 0 Å². The molecule has 2 heterocycles. The molecule has 0 aliphatic carbocycles. The minimum absolute atomic E-state index is 0.743. The lowest BCUT2D eigenvalue weighted by Gasteiger charge is -2.36.